The van der Waals surface area contributed by atoms with Gasteiger partial charge in [0.2, 0.25) is 0 Å². The molecule has 0 fully saturated rings. The van der Waals surface area contributed by atoms with Gasteiger partial charge in [-0.05, 0) is 19.1 Å². The Hall–Kier alpha value is -1.97. The van der Waals surface area contributed by atoms with Crippen LogP contribution in [0.1, 0.15) is 18.3 Å². The first kappa shape index (κ1) is 10.5. The van der Waals surface area contributed by atoms with Gasteiger partial charge in [0.25, 0.3) is 0 Å². The maximum Gasteiger partial charge on any atom is 0.0921 e. The highest BCUT2D eigenvalue weighted by molar-refractivity contribution is 5.96. The molecule has 0 spiro atoms. The Labute approximate surface area is 94.5 Å². The van der Waals surface area contributed by atoms with Crippen LogP contribution in [0.5, 0.6) is 0 Å². The summed E-state index contributed by atoms with van der Waals surface area (Å²) in [7, 11) is 0. The molecule has 0 aliphatic rings. The normalized spacial score (nSPS) is 11.7. The molecule has 0 aliphatic carbocycles. The number of aliphatic imine (C=N–C) groups is 1. The second-order valence-electron chi connectivity index (χ2n) is 3.51. The van der Waals surface area contributed by atoms with Gasteiger partial charge in [-0.2, -0.15) is 0 Å². The van der Waals surface area contributed by atoms with Crippen molar-refractivity contribution in [3.05, 3.63) is 48.3 Å². The topological polar surface area (TPSA) is 53.9 Å². The summed E-state index contributed by atoms with van der Waals surface area (Å²) in [4.78, 5) is 15.7. The van der Waals surface area contributed by atoms with Gasteiger partial charge < -0.3 is 4.98 Å². The van der Waals surface area contributed by atoms with E-state index in [0.717, 1.165) is 30.1 Å². The Morgan fingerprint density at radius 2 is 2.38 bits per heavy atom. The predicted octanol–water partition coefficient (Wildman–Crippen LogP) is 1.86. The standard InChI is InChI=1S/C12H14N4/c1-10(12-4-2-3-6-15-12)14-7-5-11-8-13-9-16-11/h2-4,6,8-9H,5,7H2,1H3,(H,13,16). The molecule has 0 aromatic carbocycles. The molecular weight excluding hydrogens is 200 g/mol. The molecule has 0 saturated carbocycles. The van der Waals surface area contributed by atoms with E-state index < -0.39 is 0 Å². The van der Waals surface area contributed by atoms with Crippen molar-refractivity contribution in [2.45, 2.75) is 13.3 Å². The minimum Gasteiger partial charge on any atom is -0.348 e. The SMILES string of the molecule is CC(=NCCc1cnc[nH]1)c1ccccn1. The number of rotatable bonds is 4. The lowest BCUT2D eigenvalue weighted by Gasteiger charge is -1.99. The largest absolute Gasteiger partial charge is 0.348 e. The molecule has 2 aromatic rings. The summed E-state index contributed by atoms with van der Waals surface area (Å²) in [5.74, 6) is 0. The van der Waals surface area contributed by atoms with E-state index >= 15 is 0 Å². The minimum absolute atomic E-state index is 0.755. The van der Waals surface area contributed by atoms with E-state index in [1.807, 2.05) is 31.3 Å². The number of H-pyrrole nitrogens is 1. The number of imidazole rings is 1. The highest BCUT2D eigenvalue weighted by Gasteiger charge is 1.97. The van der Waals surface area contributed by atoms with Crippen molar-refractivity contribution in [1.29, 1.82) is 0 Å². The third-order valence-electron chi connectivity index (χ3n) is 2.32. The van der Waals surface area contributed by atoms with Crippen LogP contribution in [0.2, 0.25) is 0 Å². The van der Waals surface area contributed by atoms with Crippen LogP contribution < -0.4 is 0 Å². The van der Waals surface area contributed by atoms with Gasteiger partial charge in [0, 0.05) is 31.1 Å². The summed E-state index contributed by atoms with van der Waals surface area (Å²) in [6.07, 6.45) is 6.17. The van der Waals surface area contributed by atoms with E-state index in [1.165, 1.54) is 0 Å². The zero-order chi connectivity index (χ0) is 11.2. The van der Waals surface area contributed by atoms with Crippen LogP contribution in [0.25, 0.3) is 0 Å². The molecule has 2 heterocycles. The molecule has 0 amide bonds. The molecule has 16 heavy (non-hydrogen) atoms. The van der Waals surface area contributed by atoms with Crippen molar-refractivity contribution in [3.8, 4) is 0 Å². The van der Waals surface area contributed by atoms with E-state index in [2.05, 4.69) is 19.9 Å². The maximum atomic E-state index is 4.48. The average molecular weight is 214 g/mol. The number of aromatic nitrogens is 3. The molecule has 4 nitrogen and oxygen atoms in total. The fourth-order valence-corrected chi connectivity index (χ4v) is 1.42. The number of hydrogen-bond acceptors (Lipinski definition) is 3. The minimum atomic E-state index is 0.755. The van der Waals surface area contributed by atoms with Crippen molar-refractivity contribution in [3.63, 3.8) is 0 Å². The Morgan fingerprint density at radius 1 is 1.44 bits per heavy atom. The molecule has 2 rings (SSSR count). The highest BCUT2D eigenvalue weighted by Crippen LogP contribution is 1.98. The lowest BCUT2D eigenvalue weighted by molar-refractivity contribution is 0.933. The third-order valence-corrected chi connectivity index (χ3v) is 2.32. The quantitative estimate of drug-likeness (QED) is 0.790. The smallest absolute Gasteiger partial charge is 0.0921 e. The molecule has 0 saturated heterocycles. The fraction of sp³-hybridized carbons (Fsp3) is 0.250. The Kier molecular flexibility index (Phi) is 3.43. The molecule has 1 N–H and O–H groups in total. The Balaban J connectivity index is 1.93. The molecule has 2 aromatic heterocycles. The lowest BCUT2D eigenvalue weighted by atomic mass is 10.2. The van der Waals surface area contributed by atoms with E-state index in [4.69, 9.17) is 0 Å². The van der Waals surface area contributed by atoms with Crippen LogP contribution in [0.4, 0.5) is 0 Å². The van der Waals surface area contributed by atoms with Gasteiger partial charge in [-0.3, -0.25) is 9.98 Å². The third kappa shape index (κ3) is 2.76. The van der Waals surface area contributed by atoms with Crippen molar-refractivity contribution in [1.82, 2.24) is 15.0 Å². The lowest BCUT2D eigenvalue weighted by Crippen LogP contribution is -2.00. The molecule has 82 valence electrons. The van der Waals surface area contributed by atoms with Gasteiger partial charge in [-0.1, -0.05) is 6.07 Å². The first-order chi connectivity index (χ1) is 7.86. The molecule has 0 atom stereocenters. The summed E-state index contributed by atoms with van der Waals surface area (Å²) in [6.45, 7) is 2.74. The van der Waals surface area contributed by atoms with Crippen LogP contribution in [0.3, 0.4) is 0 Å². The van der Waals surface area contributed by atoms with Crippen molar-refractivity contribution >= 4 is 5.71 Å². The first-order valence-corrected chi connectivity index (χ1v) is 5.26. The first-order valence-electron chi connectivity index (χ1n) is 5.26. The van der Waals surface area contributed by atoms with Gasteiger partial charge in [-0.25, -0.2) is 4.98 Å². The van der Waals surface area contributed by atoms with E-state index in [9.17, 15) is 0 Å². The van der Waals surface area contributed by atoms with Gasteiger partial charge in [0.15, 0.2) is 0 Å². The second-order valence-corrected chi connectivity index (χ2v) is 3.51. The summed E-state index contributed by atoms with van der Waals surface area (Å²) in [6, 6.07) is 5.84. The molecule has 0 aliphatic heterocycles. The van der Waals surface area contributed by atoms with E-state index in [0.29, 0.717) is 0 Å². The number of aromatic amines is 1. The van der Waals surface area contributed by atoms with Crippen LogP contribution in [-0.4, -0.2) is 27.2 Å². The highest BCUT2D eigenvalue weighted by atomic mass is 14.9. The van der Waals surface area contributed by atoms with E-state index in [-0.39, 0.29) is 0 Å². The molecule has 4 heteroatoms. The monoisotopic (exact) mass is 214 g/mol. The Bertz CT molecular complexity index is 445. The predicted molar refractivity (Wildman–Crippen MR) is 63.6 cm³/mol. The van der Waals surface area contributed by atoms with Gasteiger partial charge >= 0.3 is 0 Å². The molecule has 0 radical (unpaired) electrons. The van der Waals surface area contributed by atoms with E-state index in [1.54, 1.807) is 12.5 Å². The molecule has 0 bridgehead atoms. The van der Waals surface area contributed by atoms with Crippen molar-refractivity contribution < 1.29 is 0 Å². The number of nitrogens with zero attached hydrogens (tertiary/aromatic N) is 3. The summed E-state index contributed by atoms with van der Waals surface area (Å²) in [5, 5.41) is 0. The molecular formula is C12H14N4. The fourth-order valence-electron chi connectivity index (χ4n) is 1.42. The summed E-state index contributed by atoms with van der Waals surface area (Å²) < 4.78 is 0. The van der Waals surface area contributed by atoms with Crippen LogP contribution in [0, 0.1) is 0 Å². The number of pyridine rings is 1. The van der Waals surface area contributed by atoms with Crippen molar-refractivity contribution in [2.24, 2.45) is 4.99 Å². The van der Waals surface area contributed by atoms with Crippen LogP contribution in [-0.2, 0) is 6.42 Å². The summed E-state index contributed by atoms with van der Waals surface area (Å²) in [5.41, 5.74) is 3.02. The van der Waals surface area contributed by atoms with Gasteiger partial charge in [-0.15, -0.1) is 0 Å². The van der Waals surface area contributed by atoms with Gasteiger partial charge in [0.05, 0.1) is 17.7 Å². The Morgan fingerprint density at radius 3 is 3.06 bits per heavy atom. The second kappa shape index (κ2) is 5.21. The van der Waals surface area contributed by atoms with Crippen LogP contribution >= 0.6 is 0 Å². The van der Waals surface area contributed by atoms with Crippen molar-refractivity contribution in [2.75, 3.05) is 6.54 Å². The van der Waals surface area contributed by atoms with Gasteiger partial charge in [0.1, 0.15) is 0 Å². The zero-order valence-electron chi connectivity index (χ0n) is 9.22. The maximum absolute atomic E-state index is 4.48. The average Bonchev–Trinajstić information content (AvgIpc) is 2.83. The number of hydrogen-bond donors (Lipinski definition) is 1. The molecule has 0 unspecified atom stereocenters. The number of nitrogens with one attached hydrogen (secondary N) is 1. The zero-order valence-corrected chi connectivity index (χ0v) is 9.22. The van der Waals surface area contributed by atoms with Crippen LogP contribution in [0.15, 0.2) is 41.9 Å². The summed E-state index contributed by atoms with van der Waals surface area (Å²) >= 11 is 0.